The molecule has 1 aromatic heterocycles. The molecule has 1 heterocycles. The molecule has 6 heteroatoms. The Hall–Kier alpha value is -0.750. The van der Waals surface area contributed by atoms with Crippen LogP contribution in [0.25, 0.3) is 0 Å². The van der Waals surface area contributed by atoms with Crippen molar-refractivity contribution in [1.82, 2.24) is 4.98 Å². The fourth-order valence-electron chi connectivity index (χ4n) is 0.941. The monoisotopic (exact) mass is 252 g/mol. The first-order valence-corrected chi connectivity index (χ1v) is 4.19. The van der Waals surface area contributed by atoms with Gasteiger partial charge in [-0.15, -0.1) is 0 Å². The number of hydrogen-bond donors (Lipinski definition) is 2. The first kappa shape index (κ1) is 10.3. The summed E-state index contributed by atoms with van der Waals surface area (Å²) >= 11 is 2.93. The zero-order valence-electron chi connectivity index (χ0n) is 6.47. The van der Waals surface area contributed by atoms with Gasteiger partial charge in [0.2, 0.25) is 0 Å². The van der Waals surface area contributed by atoms with Gasteiger partial charge < -0.3 is 10.8 Å². The molecule has 0 aliphatic heterocycles. The fourth-order valence-corrected chi connectivity index (χ4v) is 1.26. The number of aliphatic hydroxyl groups excluding tert-OH is 1. The molecule has 1 rings (SSSR count). The molecule has 0 unspecified atom stereocenters. The molecule has 0 aliphatic rings. The van der Waals surface area contributed by atoms with Crippen molar-refractivity contribution < 1.29 is 13.9 Å². The summed E-state index contributed by atoms with van der Waals surface area (Å²) in [6.45, 7) is -0.496. The summed E-state index contributed by atoms with van der Waals surface area (Å²) in [6, 6.07) is 0. The van der Waals surface area contributed by atoms with E-state index < -0.39 is 13.0 Å². The molecule has 0 saturated carbocycles. The fraction of sp³-hybridized carbons (Fsp3) is 0.286. The van der Waals surface area contributed by atoms with Gasteiger partial charge in [-0.05, 0) is 15.9 Å². The van der Waals surface area contributed by atoms with Gasteiger partial charge in [-0.2, -0.15) is 0 Å². The maximum atomic E-state index is 12.4. The average molecular weight is 253 g/mol. The molecule has 0 aliphatic carbocycles. The number of hydrogen-bond acceptors (Lipinski definition) is 3. The van der Waals surface area contributed by atoms with Crippen molar-refractivity contribution >= 4 is 21.6 Å². The third-order valence-corrected chi connectivity index (χ3v) is 2.21. The summed E-state index contributed by atoms with van der Waals surface area (Å²) < 4.78 is 25.0. The molecule has 0 fully saturated rings. The molecule has 3 N–H and O–H groups in total. The number of rotatable bonds is 2. The van der Waals surface area contributed by atoms with Crippen molar-refractivity contribution in [2.75, 3.05) is 5.73 Å². The predicted octanol–water partition coefficient (Wildman–Crippen LogP) is 1.86. The maximum absolute atomic E-state index is 12.4. The Bertz CT molecular complexity index is 320. The van der Waals surface area contributed by atoms with E-state index in [9.17, 15) is 8.78 Å². The minimum Gasteiger partial charge on any atom is -0.396 e. The largest absolute Gasteiger partial charge is 0.396 e. The van der Waals surface area contributed by atoms with Gasteiger partial charge in [0.1, 0.15) is 4.60 Å². The van der Waals surface area contributed by atoms with Gasteiger partial charge in [0.05, 0.1) is 17.9 Å². The molecule has 0 bridgehead atoms. The van der Waals surface area contributed by atoms with Crippen LogP contribution in [0.4, 0.5) is 14.5 Å². The van der Waals surface area contributed by atoms with Crippen LogP contribution in [0.3, 0.4) is 0 Å². The lowest BCUT2D eigenvalue weighted by molar-refractivity contribution is 0.148. The normalized spacial score (nSPS) is 10.8. The van der Waals surface area contributed by atoms with E-state index in [1.54, 1.807) is 0 Å². The number of nitrogens with two attached hydrogens (primary N) is 1. The molecule has 0 amide bonds. The molecule has 13 heavy (non-hydrogen) atoms. The molecule has 0 spiro atoms. The molecule has 1 aromatic rings. The van der Waals surface area contributed by atoms with E-state index in [0.717, 1.165) is 0 Å². The van der Waals surface area contributed by atoms with E-state index in [4.69, 9.17) is 10.8 Å². The Kier molecular flexibility index (Phi) is 3.16. The molecular formula is C7H7BrF2N2O. The Labute approximate surface area is 81.7 Å². The van der Waals surface area contributed by atoms with Crippen molar-refractivity contribution in [2.24, 2.45) is 0 Å². The highest BCUT2D eigenvalue weighted by Crippen LogP contribution is 2.32. The third-order valence-electron chi connectivity index (χ3n) is 1.58. The SMILES string of the molecule is Nc1c(Br)ncc(CO)c1C(F)F. The second-order valence-electron chi connectivity index (χ2n) is 2.36. The molecule has 0 aromatic carbocycles. The van der Waals surface area contributed by atoms with Gasteiger partial charge in [0.25, 0.3) is 6.43 Å². The third kappa shape index (κ3) is 1.94. The first-order chi connectivity index (χ1) is 6.07. The number of nitrogens with zero attached hydrogens (tertiary/aromatic N) is 1. The number of aliphatic hydroxyl groups is 1. The number of anilines is 1. The number of alkyl halides is 2. The Morgan fingerprint density at radius 1 is 1.62 bits per heavy atom. The molecule has 72 valence electrons. The van der Waals surface area contributed by atoms with Crippen molar-refractivity contribution in [3.8, 4) is 0 Å². The van der Waals surface area contributed by atoms with Crippen LogP contribution in [-0.4, -0.2) is 10.1 Å². The zero-order chi connectivity index (χ0) is 10.0. The van der Waals surface area contributed by atoms with Crippen LogP contribution in [0.1, 0.15) is 17.6 Å². The highest BCUT2D eigenvalue weighted by molar-refractivity contribution is 9.10. The number of aromatic nitrogens is 1. The molecule has 0 radical (unpaired) electrons. The Balaban J connectivity index is 3.32. The van der Waals surface area contributed by atoms with Crippen LogP contribution in [0, 0.1) is 0 Å². The number of halogens is 3. The van der Waals surface area contributed by atoms with E-state index in [2.05, 4.69) is 20.9 Å². The molecule has 0 atom stereocenters. The summed E-state index contributed by atoms with van der Waals surface area (Å²) in [5.41, 5.74) is 4.93. The topological polar surface area (TPSA) is 59.1 Å². The molecular weight excluding hydrogens is 246 g/mol. The summed E-state index contributed by atoms with van der Waals surface area (Å²) in [5.74, 6) is 0. The minimum atomic E-state index is -2.71. The van der Waals surface area contributed by atoms with Gasteiger partial charge in [-0.25, -0.2) is 13.8 Å². The highest BCUT2D eigenvalue weighted by atomic mass is 79.9. The molecule has 3 nitrogen and oxygen atoms in total. The van der Waals surface area contributed by atoms with Crippen molar-refractivity contribution in [3.63, 3.8) is 0 Å². The van der Waals surface area contributed by atoms with Crippen LogP contribution < -0.4 is 5.73 Å². The lowest BCUT2D eigenvalue weighted by Gasteiger charge is -2.09. The highest BCUT2D eigenvalue weighted by Gasteiger charge is 2.18. The van der Waals surface area contributed by atoms with Gasteiger partial charge in [0, 0.05) is 11.8 Å². The van der Waals surface area contributed by atoms with E-state index in [1.165, 1.54) is 6.20 Å². The second-order valence-corrected chi connectivity index (χ2v) is 3.11. The van der Waals surface area contributed by atoms with Gasteiger partial charge in [-0.3, -0.25) is 0 Å². The van der Waals surface area contributed by atoms with E-state index in [-0.39, 0.29) is 21.4 Å². The summed E-state index contributed by atoms with van der Waals surface area (Å²) in [4.78, 5) is 3.69. The van der Waals surface area contributed by atoms with Crippen LogP contribution in [0.15, 0.2) is 10.8 Å². The Morgan fingerprint density at radius 2 is 2.23 bits per heavy atom. The van der Waals surface area contributed by atoms with E-state index in [0.29, 0.717) is 0 Å². The average Bonchev–Trinajstić information content (AvgIpc) is 2.08. The zero-order valence-corrected chi connectivity index (χ0v) is 8.05. The Morgan fingerprint density at radius 3 is 2.69 bits per heavy atom. The van der Waals surface area contributed by atoms with Crippen molar-refractivity contribution in [3.05, 3.63) is 21.9 Å². The lowest BCUT2D eigenvalue weighted by Crippen LogP contribution is -2.03. The van der Waals surface area contributed by atoms with Crippen LogP contribution in [-0.2, 0) is 6.61 Å². The van der Waals surface area contributed by atoms with Gasteiger partial charge in [0.15, 0.2) is 0 Å². The standard InChI is InChI=1S/C7H7BrF2N2O/c8-6-5(11)4(7(9)10)3(2-13)1-12-6/h1,7,13H,2,11H2. The second kappa shape index (κ2) is 3.97. The summed E-state index contributed by atoms with van der Waals surface area (Å²) in [5, 5.41) is 8.74. The van der Waals surface area contributed by atoms with Crippen molar-refractivity contribution in [1.29, 1.82) is 0 Å². The van der Waals surface area contributed by atoms with Gasteiger partial charge in [-0.1, -0.05) is 0 Å². The maximum Gasteiger partial charge on any atom is 0.266 e. The summed E-state index contributed by atoms with van der Waals surface area (Å²) in [7, 11) is 0. The molecule has 0 saturated heterocycles. The van der Waals surface area contributed by atoms with Crippen LogP contribution in [0.5, 0.6) is 0 Å². The summed E-state index contributed by atoms with van der Waals surface area (Å²) in [6.07, 6.45) is -1.54. The smallest absolute Gasteiger partial charge is 0.266 e. The van der Waals surface area contributed by atoms with Crippen molar-refractivity contribution in [2.45, 2.75) is 13.0 Å². The lowest BCUT2D eigenvalue weighted by atomic mass is 10.1. The predicted molar refractivity (Wildman–Crippen MR) is 47.2 cm³/mol. The number of pyridine rings is 1. The van der Waals surface area contributed by atoms with Gasteiger partial charge >= 0.3 is 0 Å². The van der Waals surface area contributed by atoms with E-state index in [1.807, 2.05) is 0 Å². The van der Waals surface area contributed by atoms with E-state index >= 15 is 0 Å². The quantitative estimate of drug-likeness (QED) is 0.791. The van der Waals surface area contributed by atoms with Crippen LogP contribution >= 0.6 is 15.9 Å². The van der Waals surface area contributed by atoms with Crippen LogP contribution in [0.2, 0.25) is 0 Å². The number of nitrogen functional groups attached to an aromatic ring is 1. The minimum absolute atomic E-state index is 0.0516. The first-order valence-electron chi connectivity index (χ1n) is 3.39.